The highest BCUT2D eigenvalue weighted by molar-refractivity contribution is 7.47. The maximum absolute atomic E-state index is 13.6. The molecule has 0 aliphatic rings. The highest BCUT2D eigenvalue weighted by atomic mass is 31.2. The number of ether oxygens (including phenoxy) is 1. The van der Waals surface area contributed by atoms with Gasteiger partial charge in [0.05, 0.1) is 33.8 Å². The number of esters is 1. The van der Waals surface area contributed by atoms with Crippen molar-refractivity contribution in [2.24, 2.45) is 0 Å². The molecule has 0 bridgehead atoms. The zero-order valence-corrected chi connectivity index (χ0v) is 58.5. The van der Waals surface area contributed by atoms with Gasteiger partial charge in [0, 0.05) is 12.8 Å². The number of rotatable bonds is 69. The summed E-state index contributed by atoms with van der Waals surface area (Å²) in [7, 11) is 1.52. The Morgan fingerprint density at radius 3 is 1.08 bits per heavy atom. The average Bonchev–Trinajstić information content (AvgIpc) is 3.64. The van der Waals surface area contributed by atoms with Crippen molar-refractivity contribution in [2.45, 2.75) is 392 Å². The van der Waals surface area contributed by atoms with Gasteiger partial charge < -0.3 is 19.4 Å². The zero-order valence-electron chi connectivity index (χ0n) is 57.6. The van der Waals surface area contributed by atoms with Crippen LogP contribution in [-0.2, 0) is 27.9 Å². The molecular weight excluding hydrogens is 1070 g/mol. The van der Waals surface area contributed by atoms with E-state index in [1.54, 1.807) is 0 Å². The molecule has 3 unspecified atom stereocenters. The number of quaternary nitrogens is 1. The van der Waals surface area contributed by atoms with Crippen molar-refractivity contribution >= 4 is 19.7 Å². The van der Waals surface area contributed by atoms with E-state index in [0.29, 0.717) is 23.9 Å². The van der Waals surface area contributed by atoms with E-state index in [4.69, 9.17) is 13.8 Å². The Hall–Kier alpha value is -1.77. The first-order valence-electron chi connectivity index (χ1n) is 37.3. The summed E-state index contributed by atoms with van der Waals surface area (Å²) in [5.41, 5.74) is 0. The van der Waals surface area contributed by atoms with Gasteiger partial charge >= 0.3 is 13.8 Å². The quantitative estimate of drug-likeness (QED) is 0.0205. The van der Waals surface area contributed by atoms with Crippen LogP contribution in [0.1, 0.15) is 380 Å². The predicted octanol–water partition coefficient (Wildman–Crippen LogP) is 23.8. The van der Waals surface area contributed by atoms with Gasteiger partial charge in [-0.25, -0.2) is 4.57 Å². The zero-order chi connectivity index (χ0) is 62.1. The summed E-state index contributed by atoms with van der Waals surface area (Å²) in [5, 5.41) is 3.08. The summed E-state index contributed by atoms with van der Waals surface area (Å²) < 4.78 is 30.9. The van der Waals surface area contributed by atoms with Crippen LogP contribution in [-0.4, -0.2) is 74.3 Å². The molecule has 0 saturated carbocycles. The van der Waals surface area contributed by atoms with E-state index in [-0.39, 0.29) is 25.1 Å². The second kappa shape index (κ2) is 65.2. The molecule has 0 radical (unpaired) electrons. The summed E-state index contributed by atoms with van der Waals surface area (Å²) >= 11 is 0. The maximum atomic E-state index is 13.6. The van der Waals surface area contributed by atoms with Crippen LogP contribution in [0.25, 0.3) is 0 Å². The number of unbranched alkanes of at least 4 members (excludes halogenated alkanes) is 49. The van der Waals surface area contributed by atoms with Crippen molar-refractivity contribution in [3.63, 3.8) is 0 Å². The van der Waals surface area contributed by atoms with E-state index < -0.39 is 20.0 Å². The molecule has 0 aliphatic carbocycles. The smallest absolute Gasteiger partial charge is 0.456 e. The summed E-state index contributed by atoms with van der Waals surface area (Å²) in [5.74, 6) is -0.483. The molecule has 0 aliphatic heterocycles. The van der Waals surface area contributed by atoms with Gasteiger partial charge in [0.2, 0.25) is 5.91 Å². The molecule has 0 fully saturated rings. The summed E-state index contributed by atoms with van der Waals surface area (Å²) in [6, 6.07) is -0.845. The van der Waals surface area contributed by atoms with Gasteiger partial charge in [-0.05, 0) is 63.9 Å². The third-order valence-corrected chi connectivity index (χ3v) is 18.1. The van der Waals surface area contributed by atoms with Gasteiger partial charge in [-0.2, -0.15) is 0 Å². The van der Waals surface area contributed by atoms with E-state index in [9.17, 15) is 19.0 Å². The number of carbonyl (C=O) groups excluding carboxylic acids is 2. The molecular formula is C75H146N2O7P+. The number of phosphoric ester groups is 1. The third kappa shape index (κ3) is 66.5. The van der Waals surface area contributed by atoms with Gasteiger partial charge in [0.25, 0.3) is 0 Å². The topological polar surface area (TPSA) is 111 Å². The van der Waals surface area contributed by atoms with Gasteiger partial charge in [-0.1, -0.05) is 340 Å². The molecule has 0 saturated heterocycles. The molecule has 1 amide bonds. The molecule has 0 aromatic heterocycles. The van der Waals surface area contributed by atoms with E-state index in [1.807, 2.05) is 33.3 Å². The second-order valence-electron chi connectivity index (χ2n) is 26.8. The monoisotopic (exact) mass is 1220 g/mol. The number of allylic oxidation sites excluding steroid dienone is 5. The normalized spacial score (nSPS) is 13.6. The first kappa shape index (κ1) is 83.2. The minimum absolute atomic E-state index is 0.0436. The summed E-state index contributed by atoms with van der Waals surface area (Å²) in [6.45, 7) is 7.05. The van der Waals surface area contributed by atoms with Crippen molar-refractivity contribution in [3.05, 3.63) is 36.5 Å². The van der Waals surface area contributed by atoms with E-state index >= 15 is 0 Å². The van der Waals surface area contributed by atoms with Crippen LogP contribution in [0.3, 0.4) is 0 Å². The molecule has 2 N–H and O–H groups in total. The van der Waals surface area contributed by atoms with Crippen LogP contribution >= 0.6 is 7.82 Å². The second-order valence-corrected chi connectivity index (χ2v) is 28.3. The Morgan fingerprint density at radius 1 is 0.412 bits per heavy atom. The molecule has 0 aromatic rings. The molecule has 85 heavy (non-hydrogen) atoms. The van der Waals surface area contributed by atoms with Crippen LogP contribution in [0.2, 0.25) is 0 Å². The predicted molar refractivity (Wildman–Crippen MR) is 369 cm³/mol. The lowest BCUT2D eigenvalue weighted by Crippen LogP contribution is -2.47. The summed E-state index contributed by atoms with van der Waals surface area (Å²) in [4.78, 5) is 37.9. The van der Waals surface area contributed by atoms with Crippen molar-refractivity contribution < 1.29 is 37.3 Å². The van der Waals surface area contributed by atoms with Gasteiger partial charge in [-0.3, -0.25) is 18.6 Å². The number of hydrogen-bond acceptors (Lipinski definition) is 6. The van der Waals surface area contributed by atoms with Crippen molar-refractivity contribution in [1.82, 2.24) is 5.32 Å². The highest BCUT2D eigenvalue weighted by Gasteiger charge is 2.30. The minimum atomic E-state index is -4.45. The Morgan fingerprint density at radius 2 is 0.718 bits per heavy atom. The lowest BCUT2D eigenvalue weighted by Gasteiger charge is -2.27. The first-order valence-corrected chi connectivity index (χ1v) is 38.8. The molecule has 0 heterocycles. The van der Waals surface area contributed by atoms with Crippen LogP contribution in [0.15, 0.2) is 36.5 Å². The SMILES string of the molecule is CCCCC/C=C\C/C=C\CCCCCCCCCCCCCCCCCC(=O)NC(COP(=O)(O)OCC[N+](C)(C)C)C(/C=C/CCCCCCCCCCC)OC(=O)CCCCCCCCCCCCCCCCCCCCCCCCC. The standard InChI is InChI=1S/C75H145N2O7P/c1-7-10-13-16-19-22-25-27-29-31-33-35-37-38-40-41-43-45-47-49-52-55-58-61-64-67-74(78)76-72(71-83-85(80,81)82-70-69-77(4,5)6)73(66-63-60-57-54-51-24-21-18-15-12-9-3)84-75(79)68-65-62-59-56-53-50-48-46-44-42-39-36-34-32-30-28-26-23-20-17-14-11-8-2/h19,22,27,29,63,66,72-73H,7-18,20-21,23-26,28,30-62,64-65,67-71H2,1-6H3,(H-,76,78,80,81)/p+1/b22-19-,29-27-,66-63+. The molecule has 3 atom stereocenters. The molecule has 0 aromatic carbocycles. The summed E-state index contributed by atoms with van der Waals surface area (Å²) in [6.07, 6.45) is 81.7. The fourth-order valence-corrected chi connectivity index (χ4v) is 12.1. The lowest BCUT2D eigenvalue weighted by molar-refractivity contribution is -0.870. The molecule has 9 nitrogen and oxygen atoms in total. The largest absolute Gasteiger partial charge is 0.472 e. The highest BCUT2D eigenvalue weighted by Crippen LogP contribution is 2.43. The Bertz CT molecular complexity index is 1550. The van der Waals surface area contributed by atoms with Crippen molar-refractivity contribution in [1.29, 1.82) is 0 Å². The third-order valence-electron chi connectivity index (χ3n) is 17.1. The van der Waals surface area contributed by atoms with Crippen LogP contribution in [0, 0.1) is 0 Å². The Labute approximate surface area is 529 Å². The number of phosphoric acid groups is 1. The lowest BCUT2D eigenvalue weighted by atomic mass is 10.0. The van der Waals surface area contributed by atoms with Crippen LogP contribution < -0.4 is 5.32 Å². The van der Waals surface area contributed by atoms with E-state index in [2.05, 4.69) is 50.4 Å². The number of nitrogens with one attached hydrogen (secondary N) is 1. The van der Waals surface area contributed by atoms with E-state index in [0.717, 1.165) is 64.2 Å². The number of hydrogen-bond donors (Lipinski definition) is 2. The fraction of sp³-hybridized carbons (Fsp3) is 0.893. The fourth-order valence-electron chi connectivity index (χ4n) is 11.3. The number of amides is 1. The van der Waals surface area contributed by atoms with Gasteiger partial charge in [-0.15, -0.1) is 0 Å². The molecule has 0 spiro atoms. The van der Waals surface area contributed by atoms with Gasteiger partial charge in [0.1, 0.15) is 19.3 Å². The Kier molecular flexibility index (Phi) is 63.8. The minimum Gasteiger partial charge on any atom is -0.456 e. The average molecular weight is 1220 g/mol. The first-order chi connectivity index (χ1) is 41.4. The molecule has 10 heteroatoms. The van der Waals surface area contributed by atoms with Crippen molar-refractivity contribution in [3.8, 4) is 0 Å². The van der Waals surface area contributed by atoms with E-state index in [1.165, 1.54) is 283 Å². The van der Waals surface area contributed by atoms with Crippen LogP contribution in [0.5, 0.6) is 0 Å². The Balaban J connectivity index is 4.93. The van der Waals surface area contributed by atoms with Gasteiger partial charge in [0.15, 0.2) is 0 Å². The number of carbonyl (C=O) groups is 2. The maximum Gasteiger partial charge on any atom is 0.472 e. The van der Waals surface area contributed by atoms with Crippen LogP contribution in [0.4, 0.5) is 0 Å². The molecule has 0 rings (SSSR count). The number of likely N-dealkylation sites (N-methyl/N-ethyl adjacent to an activating group) is 1. The molecule has 502 valence electrons. The number of nitrogens with zero attached hydrogens (tertiary/aromatic N) is 1. The van der Waals surface area contributed by atoms with Crippen molar-refractivity contribution in [2.75, 3.05) is 40.9 Å².